The Morgan fingerprint density at radius 2 is 2.29 bits per heavy atom. The average molecular weight is 240 g/mol. The van der Waals surface area contributed by atoms with Crippen LogP contribution in [0.4, 0.5) is 0 Å². The Kier molecular flexibility index (Phi) is 6.81. The van der Waals surface area contributed by atoms with Crippen LogP contribution in [-0.2, 0) is 13.1 Å². The molecule has 1 rings (SSSR count). The molecule has 1 heterocycles. The molecule has 0 radical (unpaired) electrons. The molecule has 5 heteroatoms. The lowest BCUT2D eigenvalue weighted by Gasteiger charge is -2.14. The summed E-state index contributed by atoms with van der Waals surface area (Å²) >= 11 is 0. The van der Waals surface area contributed by atoms with E-state index < -0.39 is 0 Å². The van der Waals surface area contributed by atoms with Crippen LogP contribution in [0.15, 0.2) is 6.20 Å². The molecular formula is C12H24N4O. The van der Waals surface area contributed by atoms with E-state index in [9.17, 15) is 0 Å². The molecular weight excluding hydrogens is 216 g/mol. The minimum absolute atomic E-state index is 0.196. The lowest BCUT2D eigenvalue weighted by atomic mass is 10.1. The molecule has 0 aliphatic heterocycles. The van der Waals surface area contributed by atoms with Crippen LogP contribution in [0.3, 0.4) is 0 Å². The minimum atomic E-state index is 0.196. The van der Waals surface area contributed by atoms with Gasteiger partial charge in [-0.1, -0.05) is 25.5 Å². The zero-order valence-electron chi connectivity index (χ0n) is 10.9. The molecule has 98 valence electrons. The Morgan fingerprint density at radius 3 is 2.94 bits per heavy atom. The van der Waals surface area contributed by atoms with Crippen molar-refractivity contribution >= 4 is 0 Å². The molecule has 0 aliphatic carbocycles. The third-order valence-electron chi connectivity index (χ3n) is 2.83. The maximum absolute atomic E-state index is 8.73. The second-order valence-corrected chi connectivity index (χ2v) is 4.32. The topological polar surface area (TPSA) is 63.0 Å². The lowest BCUT2D eigenvalue weighted by molar-refractivity contribution is 0.276. The summed E-state index contributed by atoms with van der Waals surface area (Å²) in [5.74, 6) is 0. The van der Waals surface area contributed by atoms with Crippen LogP contribution in [0.2, 0.25) is 0 Å². The van der Waals surface area contributed by atoms with Crippen molar-refractivity contribution in [1.82, 2.24) is 20.3 Å². The van der Waals surface area contributed by atoms with Crippen LogP contribution >= 0.6 is 0 Å². The van der Waals surface area contributed by atoms with Crippen molar-refractivity contribution in [2.75, 3.05) is 6.61 Å². The molecule has 0 spiro atoms. The summed E-state index contributed by atoms with van der Waals surface area (Å²) in [6.45, 7) is 6.11. The van der Waals surface area contributed by atoms with E-state index in [0.717, 1.165) is 31.6 Å². The first kappa shape index (κ1) is 14.1. The van der Waals surface area contributed by atoms with Gasteiger partial charge in [0.25, 0.3) is 0 Å². The maximum atomic E-state index is 8.73. The van der Waals surface area contributed by atoms with Gasteiger partial charge in [-0.3, -0.25) is 4.68 Å². The SMILES string of the molecule is CCCC(CC)NCc1cn(CCCO)nn1. The molecule has 2 N–H and O–H groups in total. The van der Waals surface area contributed by atoms with Gasteiger partial charge in [0.15, 0.2) is 0 Å². The molecule has 5 nitrogen and oxygen atoms in total. The van der Waals surface area contributed by atoms with E-state index in [1.807, 2.05) is 6.20 Å². The minimum Gasteiger partial charge on any atom is -0.396 e. The molecule has 0 amide bonds. The van der Waals surface area contributed by atoms with Gasteiger partial charge in [-0.25, -0.2) is 0 Å². The standard InChI is InChI=1S/C12H24N4O/c1-3-6-11(4-2)13-9-12-10-16(15-14-12)7-5-8-17/h10-11,13,17H,3-9H2,1-2H3. The van der Waals surface area contributed by atoms with E-state index in [1.54, 1.807) is 4.68 Å². The highest BCUT2D eigenvalue weighted by Crippen LogP contribution is 2.02. The maximum Gasteiger partial charge on any atom is 0.0964 e. The summed E-state index contributed by atoms with van der Waals surface area (Å²) in [6.07, 6.45) is 6.22. The first-order valence-electron chi connectivity index (χ1n) is 6.53. The number of aliphatic hydroxyl groups is 1. The third kappa shape index (κ3) is 5.28. The molecule has 0 saturated carbocycles. The molecule has 1 unspecified atom stereocenters. The van der Waals surface area contributed by atoms with E-state index in [4.69, 9.17) is 5.11 Å². The largest absolute Gasteiger partial charge is 0.396 e. The molecule has 17 heavy (non-hydrogen) atoms. The first-order chi connectivity index (χ1) is 8.30. The van der Waals surface area contributed by atoms with Gasteiger partial charge in [-0.15, -0.1) is 5.10 Å². The van der Waals surface area contributed by atoms with Crippen molar-refractivity contribution in [3.63, 3.8) is 0 Å². The number of aromatic nitrogens is 3. The molecule has 0 bridgehead atoms. The molecule has 0 saturated heterocycles. The lowest BCUT2D eigenvalue weighted by Crippen LogP contribution is -2.27. The fraction of sp³-hybridized carbons (Fsp3) is 0.833. The molecule has 0 aromatic carbocycles. The van der Waals surface area contributed by atoms with Crippen molar-refractivity contribution in [2.24, 2.45) is 0 Å². The van der Waals surface area contributed by atoms with Crippen molar-refractivity contribution < 1.29 is 5.11 Å². The second-order valence-electron chi connectivity index (χ2n) is 4.32. The summed E-state index contributed by atoms with van der Waals surface area (Å²) < 4.78 is 1.79. The highest BCUT2D eigenvalue weighted by Gasteiger charge is 2.06. The Labute approximate surface area is 103 Å². The number of nitrogens with zero attached hydrogens (tertiary/aromatic N) is 3. The average Bonchev–Trinajstić information content (AvgIpc) is 2.80. The van der Waals surface area contributed by atoms with E-state index in [-0.39, 0.29) is 6.61 Å². The van der Waals surface area contributed by atoms with E-state index in [2.05, 4.69) is 29.5 Å². The first-order valence-corrected chi connectivity index (χ1v) is 6.53. The van der Waals surface area contributed by atoms with Crippen LogP contribution < -0.4 is 5.32 Å². The van der Waals surface area contributed by atoms with Crippen molar-refractivity contribution in [3.8, 4) is 0 Å². The van der Waals surface area contributed by atoms with Gasteiger partial charge < -0.3 is 10.4 Å². The van der Waals surface area contributed by atoms with Crippen LogP contribution in [0, 0.1) is 0 Å². The highest BCUT2D eigenvalue weighted by molar-refractivity contribution is 4.92. The number of nitrogens with one attached hydrogen (secondary N) is 1. The van der Waals surface area contributed by atoms with Crippen LogP contribution in [0.5, 0.6) is 0 Å². The predicted octanol–water partition coefficient (Wildman–Crippen LogP) is 1.33. The highest BCUT2D eigenvalue weighted by atomic mass is 16.3. The monoisotopic (exact) mass is 240 g/mol. The zero-order chi connectivity index (χ0) is 12.5. The summed E-state index contributed by atoms with van der Waals surface area (Å²) in [4.78, 5) is 0. The number of aliphatic hydroxyl groups excluding tert-OH is 1. The molecule has 0 fully saturated rings. The number of hydrogen-bond acceptors (Lipinski definition) is 4. The van der Waals surface area contributed by atoms with Crippen LogP contribution in [0.25, 0.3) is 0 Å². The van der Waals surface area contributed by atoms with E-state index in [1.165, 1.54) is 12.8 Å². The molecule has 1 atom stereocenters. The Balaban J connectivity index is 2.32. The van der Waals surface area contributed by atoms with E-state index >= 15 is 0 Å². The van der Waals surface area contributed by atoms with Gasteiger partial charge in [0.1, 0.15) is 0 Å². The Morgan fingerprint density at radius 1 is 1.47 bits per heavy atom. The number of aryl methyl sites for hydroxylation is 1. The van der Waals surface area contributed by atoms with E-state index in [0.29, 0.717) is 6.04 Å². The van der Waals surface area contributed by atoms with Gasteiger partial charge in [0.2, 0.25) is 0 Å². The Hall–Kier alpha value is -0.940. The van der Waals surface area contributed by atoms with Gasteiger partial charge in [-0.05, 0) is 19.3 Å². The number of hydrogen-bond donors (Lipinski definition) is 2. The smallest absolute Gasteiger partial charge is 0.0964 e. The fourth-order valence-electron chi connectivity index (χ4n) is 1.81. The van der Waals surface area contributed by atoms with Crippen molar-refractivity contribution in [2.45, 2.75) is 58.7 Å². The van der Waals surface area contributed by atoms with Crippen LogP contribution in [-0.4, -0.2) is 32.7 Å². The second kappa shape index (κ2) is 8.20. The fourth-order valence-corrected chi connectivity index (χ4v) is 1.81. The van der Waals surface area contributed by atoms with Gasteiger partial charge in [-0.2, -0.15) is 0 Å². The van der Waals surface area contributed by atoms with Crippen molar-refractivity contribution in [3.05, 3.63) is 11.9 Å². The zero-order valence-corrected chi connectivity index (χ0v) is 10.9. The molecule has 0 aliphatic rings. The van der Waals surface area contributed by atoms with Crippen molar-refractivity contribution in [1.29, 1.82) is 0 Å². The van der Waals surface area contributed by atoms with Crippen LogP contribution in [0.1, 0.15) is 45.2 Å². The molecule has 1 aromatic rings. The van der Waals surface area contributed by atoms with Gasteiger partial charge >= 0.3 is 0 Å². The summed E-state index contributed by atoms with van der Waals surface area (Å²) in [6, 6.07) is 0.572. The Bertz CT molecular complexity index is 300. The molecule has 1 aromatic heterocycles. The quantitative estimate of drug-likeness (QED) is 0.683. The van der Waals surface area contributed by atoms with Gasteiger partial charge in [0, 0.05) is 31.9 Å². The summed E-state index contributed by atoms with van der Waals surface area (Å²) in [7, 11) is 0. The third-order valence-corrected chi connectivity index (χ3v) is 2.83. The normalized spacial score (nSPS) is 12.9. The predicted molar refractivity (Wildman–Crippen MR) is 67.6 cm³/mol. The summed E-state index contributed by atoms with van der Waals surface area (Å²) in [5, 5.41) is 20.3. The number of rotatable bonds is 9. The van der Waals surface area contributed by atoms with Gasteiger partial charge in [0.05, 0.1) is 5.69 Å². The summed E-state index contributed by atoms with van der Waals surface area (Å²) in [5.41, 5.74) is 0.970.